The Bertz CT molecular complexity index is 764. The van der Waals surface area contributed by atoms with Crippen LogP contribution in [0, 0.1) is 0 Å². The first-order valence-corrected chi connectivity index (χ1v) is 8.18. The first kappa shape index (κ1) is 14.7. The van der Waals surface area contributed by atoms with Crippen molar-refractivity contribution >= 4 is 26.5 Å². The Kier molecular flexibility index (Phi) is 3.65. The van der Waals surface area contributed by atoms with E-state index < -0.39 is 14.6 Å². The van der Waals surface area contributed by atoms with E-state index in [1.165, 1.54) is 13.8 Å². The van der Waals surface area contributed by atoms with Crippen molar-refractivity contribution in [1.29, 1.82) is 0 Å². The highest BCUT2D eigenvalue weighted by atomic mass is 32.2. The highest BCUT2D eigenvalue weighted by Gasteiger charge is 2.37. The van der Waals surface area contributed by atoms with E-state index in [9.17, 15) is 13.2 Å². The van der Waals surface area contributed by atoms with Crippen LogP contribution in [-0.4, -0.2) is 30.2 Å². The van der Waals surface area contributed by atoms with Crippen molar-refractivity contribution in [1.82, 2.24) is 4.98 Å². The molecule has 0 amide bonds. The monoisotopic (exact) mass is 291 g/mol. The average Bonchev–Trinajstić information content (AvgIpc) is 2.37. The van der Waals surface area contributed by atoms with Crippen molar-refractivity contribution < 1.29 is 13.2 Å². The number of nitrogens with zero attached hydrogens (tertiary/aromatic N) is 1. The fourth-order valence-corrected chi connectivity index (χ4v) is 2.28. The molecule has 5 heteroatoms. The Labute approximate surface area is 118 Å². The highest BCUT2D eigenvalue weighted by molar-refractivity contribution is 7.92. The van der Waals surface area contributed by atoms with Crippen LogP contribution in [0.5, 0.6) is 0 Å². The van der Waals surface area contributed by atoms with Crippen LogP contribution < -0.4 is 0 Å². The molecule has 0 saturated heterocycles. The molecule has 0 bridgehead atoms. The number of aromatic nitrogens is 1. The molecule has 1 heterocycles. The third kappa shape index (κ3) is 2.72. The number of hydrogen-bond donors (Lipinski definition) is 0. The summed E-state index contributed by atoms with van der Waals surface area (Å²) in [6.45, 7) is 2.87. The van der Waals surface area contributed by atoms with Gasteiger partial charge < -0.3 is 0 Å². The van der Waals surface area contributed by atoms with Crippen LogP contribution in [0.3, 0.4) is 0 Å². The van der Waals surface area contributed by atoms with Gasteiger partial charge in [0.2, 0.25) is 0 Å². The Morgan fingerprint density at radius 1 is 1.15 bits per heavy atom. The van der Waals surface area contributed by atoms with Crippen molar-refractivity contribution in [3.8, 4) is 0 Å². The number of carbonyl (C=O) groups is 1. The SMILES string of the molecule is CC(C)(C(=O)Cc1ccc2ccccc2n1)S(C)(=O)=O. The fraction of sp³-hybridized carbons (Fsp3) is 0.333. The Morgan fingerprint density at radius 3 is 2.45 bits per heavy atom. The van der Waals surface area contributed by atoms with Crippen LogP contribution in [0.15, 0.2) is 36.4 Å². The van der Waals surface area contributed by atoms with Gasteiger partial charge >= 0.3 is 0 Å². The predicted molar refractivity (Wildman–Crippen MR) is 79.4 cm³/mol. The molecule has 2 aromatic rings. The summed E-state index contributed by atoms with van der Waals surface area (Å²) in [5.74, 6) is -0.345. The minimum absolute atomic E-state index is 0.0188. The van der Waals surface area contributed by atoms with Crippen molar-refractivity contribution in [2.24, 2.45) is 0 Å². The number of carbonyl (C=O) groups excluding carboxylic acids is 1. The van der Waals surface area contributed by atoms with Gasteiger partial charge in [-0.15, -0.1) is 0 Å². The van der Waals surface area contributed by atoms with Gasteiger partial charge in [0, 0.05) is 17.3 Å². The number of rotatable bonds is 4. The quantitative estimate of drug-likeness (QED) is 0.866. The number of Topliss-reactive ketones (excluding diaryl/α,β-unsaturated/α-hetero) is 1. The number of fused-ring (bicyclic) bond motifs is 1. The summed E-state index contributed by atoms with van der Waals surface area (Å²) in [6, 6.07) is 11.2. The lowest BCUT2D eigenvalue weighted by Crippen LogP contribution is -2.41. The summed E-state index contributed by atoms with van der Waals surface area (Å²) < 4.78 is 21.9. The van der Waals surface area contributed by atoms with E-state index in [1.807, 2.05) is 30.3 Å². The molecule has 0 spiro atoms. The van der Waals surface area contributed by atoms with Crippen molar-refractivity contribution in [2.45, 2.75) is 25.0 Å². The lowest BCUT2D eigenvalue weighted by Gasteiger charge is -2.20. The van der Waals surface area contributed by atoms with Crippen LogP contribution in [0.1, 0.15) is 19.5 Å². The van der Waals surface area contributed by atoms with Gasteiger partial charge in [-0.05, 0) is 26.0 Å². The normalized spacial score (nSPS) is 12.6. The summed E-state index contributed by atoms with van der Waals surface area (Å²) in [7, 11) is -3.44. The molecule has 0 unspecified atom stereocenters. The van der Waals surface area contributed by atoms with Crippen LogP contribution in [0.2, 0.25) is 0 Å². The lowest BCUT2D eigenvalue weighted by atomic mass is 10.0. The minimum Gasteiger partial charge on any atom is -0.298 e. The van der Waals surface area contributed by atoms with E-state index in [-0.39, 0.29) is 12.2 Å². The average molecular weight is 291 g/mol. The summed E-state index contributed by atoms with van der Waals surface area (Å²) in [4.78, 5) is 16.6. The maximum Gasteiger partial charge on any atom is 0.159 e. The number of hydrogen-bond acceptors (Lipinski definition) is 4. The van der Waals surface area contributed by atoms with Crippen LogP contribution in [0.4, 0.5) is 0 Å². The van der Waals surface area contributed by atoms with E-state index in [1.54, 1.807) is 6.07 Å². The summed E-state index contributed by atoms with van der Waals surface area (Å²) in [5, 5.41) is 0.992. The van der Waals surface area contributed by atoms with Gasteiger partial charge in [-0.2, -0.15) is 0 Å². The molecule has 0 atom stereocenters. The van der Waals surface area contributed by atoms with Gasteiger partial charge in [0.05, 0.1) is 11.9 Å². The third-order valence-corrected chi connectivity index (χ3v) is 5.68. The summed E-state index contributed by atoms with van der Waals surface area (Å²) in [5.41, 5.74) is 1.39. The van der Waals surface area contributed by atoms with E-state index in [4.69, 9.17) is 0 Å². The van der Waals surface area contributed by atoms with Gasteiger partial charge in [0.25, 0.3) is 0 Å². The number of para-hydroxylation sites is 1. The molecule has 0 aliphatic carbocycles. The maximum atomic E-state index is 12.2. The zero-order valence-corrected chi connectivity index (χ0v) is 12.6. The summed E-state index contributed by atoms with van der Waals surface area (Å²) in [6.07, 6.45) is 1.10. The van der Waals surface area contributed by atoms with E-state index in [0.29, 0.717) is 5.69 Å². The number of benzene rings is 1. The van der Waals surface area contributed by atoms with E-state index >= 15 is 0 Å². The van der Waals surface area contributed by atoms with E-state index in [0.717, 1.165) is 17.2 Å². The lowest BCUT2D eigenvalue weighted by molar-refractivity contribution is -0.120. The van der Waals surface area contributed by atoms with E-state index in [2.05, 4.69) is 4.98 Å². The molecule has 106 valence electrons. The molecule has 0 fully saturated rings. The topological polar surface area (TPSA) is 64.1 Å². The zero-order chi connectivity index (χ0) is 15.0. The first-order valence-electron chi connectivity index (χ1n) is 6.29. The minimum atomic E-state index is -3.44. The second-order valence-corrected chi connectivity index (χ2v) is 7.94. The molecule has 0 aliphatic heterocycles. The van der Waals surface area contributed by atoms with Gasteiger partial charge in [0.1, 0.15) is 4.75 Å². The van der Waals surface area contributed by atoms with Gasteiger partial charge in [-0.25, -0.2) is 8.42 Å². The third-order valence-electron chi connectivity index (χ3n) is 3.60. The van der Waals surface area contributed by atoms with Crippen molar-refractivity contribution in [2.75, 3.05) is 6.26 Å². The molecule has 1 aromatic carbocycles. The molecule has 2 rings (SSSR count). The van der Waals surface area contributed by atoms with Gasteiger partial charge in [-0.1, -0.05) is 24.3 Å². The highest BCUT2D eigenvalue weighted by Crippen LogP contribution is 2.19. The van der Waals surface area contributed by atoms with Crippen LogP contribution in [0.25, 0.3) is 10.9 Å². The molecule has 1 aromatic heterocycles. The molecule has 20 heavy (non-hydrogen) atoms. The van der Waals surface area contributed by atoms with Gasteiger partial charge in [0.15, 0.2) is 15.6 Å². The zero-order valence-electron chi connectivity index (χ0n) is 11.8. The van der Waals surface area contributed by atoms with Gasteiger partial charge in [-0.3, -0.25) is 9.78 Å². The molecule has 0 radical (unpaired) electrons. The maximum absolute atomic E-state index is 12.2. The Morgan fingerprint density at radius 2 is 1.80 bits per heavy atom. The first-order chi connectivity index (χ1) is 9.22. The molecule has 0 saturated carbocycles. The molecular formula is C15H17NO3S. The molecule has 0 N–H and O–H groups in total. The second-order valence-electron chi connectivity index (χ2n) is 5.38. The number of ketones is 1. The second kappa shape index (κ2) is 4.98. The van der Waals surface area contributed by atoms with Crippen LogP contribution in [-0.2, 0) is 21.1 Å². The predicted octanol–water partition coefficient (Wildman–Crippen LogP) is 2.17. The Hall–Kier alpha value is -1.75. The molecular weight excluding hydrogens is 274 g/mol. The number of sulfone groups is 1. The smallest absolute Gasteiger partial charge is 0.159 e. The molecule has 4 nitrogen and oxygen atoms in total. The van der Waals surface area contributed by atoms with Crippen molar-refractivity contribution in [3.63, 3.8) is 0 Å². The Balaban J connectivity index is 2.31. The fourth-order valence-electron chi connectivity index (χ4n) is 1.79. The standard InChI is InChI=1S/C15H17NO3S/c1-15(2,20(3,18)19)14(17)10-12-9-8-11-6-4-5-7-13(11)16-12/h4-9H,10H2,1-3H3. The summed E-state index contributed by atoms with van der Waals surface area (Å²) >= 11 is 0. The van der Waals surface area contributed by atoms with Crippen LogP contribution >= 0.6 is 0 Å². The van der Waals surface area contributed by atoms with Crippen molar-refractivity contribution in [3.05, 3.63) is 42.1 Å². The largest absolute Gasteiger partial charge is 0.298 e. The molecule has 0 aliphatic rings. The number of pyridine rings is 1.